The van der Waals surface area contributed by atoms with Crippen LogP contribution < -0.4 is 20.9 Å². The van der Waals surface area contributed by atoms with Gasteiger partial charge in [0.25, 0.3) is 0 Å². The molecule has 2 atom stereocenters. The van der Waals surface area contributed by atoms with Crippen molar-refractivity contribution in [3.63, 3.8) is 0 Å². The molecule has 0 spiro atoms. The zero-order chi connectivity index (χ0) is 20.6. The van der Waals surface area contributed by atoms with E-state index in [1.165, 1.54) is 92.2 Å². The lowest BCUT2D eigenvalue weighted by atomic mass is 9.82. The average molecular weight is 427 g/mol. The van der Waals surface area contributed by atoms with Gasteiger partial charge in [-0.15, -0.1) is 0 Å². The summed E-state index contributed by atoms with van der Waals surface area (Å²) in [5, 5.41) is 6.05. The van der Waals surface area contributed by atoms with Gasteiger partial charge in [0.05, 0.1) is 0 Å². The van der Waals surface area contributed by atoms with Crippen LogP contribution in [0.5, 0.6) is 0 Å². The smallest absolute Gasteiger partial charge is 0.00641 e. The minimum absolute atomic E-state index is 0.0569. The zero-order valence-corrected chi connectivity index (χ0v) is 19.7. The molecule has 1 saturated carbocycles. The van der Waals surface area contributed by atoms with Crippen molar-refractivity contribution in [1.82, 2.24) is 0 Å². The topological polar surface area (TPSA) is 0 Å². The van der Waals surface area contributed by atoms with Crippen molar-refractivity contribution >= 4 is 31.7 Å². The summed E-state index contributed by atoms with van der Waals surface area (Å²) in [6, 6.07) is 14.2. The van der Waals surface area contributed by atoms with Crippen LogP contribution in [0.1, 0.15) is 75.3 Å². The van der Waals surface area contributed by atoms with E-state index in [0.29, 0.717) is 0 Å². The Bertz CT molecular complexity index is 1210. The van der Waals surface area contributed by atoms with Gasteiger partial charge in [0.1, 0.15) is 0 Å². The first-order valence-electron chi connectivity index (χ1n) is 12.7. The van der Waals surface area contributed by atoms with Crippen LogP contribution in [0.15, 0.2) is 36.4 Å². The Morgan fingerprint density at radius 1 is 0.742 bits per heavy atom. The van der Waals surface area contributed by atoms with Gasteiger partial charge >= 0.3 is 0 Å². The molecule has 6 rings (SSSR count). The molecule has 0 saturated heterocycles. The number of rotatable bonds is 1. The van der Waals surface area contributed by atoms with Crippen LogP contribution in [0.4, 0.5) is 0 Å². The molecule has 1 fully saturated rings. The van der Waals surface area contributed by atoms with E-state index >= 15 is 0 Å². The predicted octanol–water partition coefficient (Wildman–Crippen LogP) is 5.15. The first-order chi connectivity index (χ1) is 15.4. The number of hydrogen-bond donors (Lipinski definition) is 0. The Kier molecular flexibility index (Phi) is 5.62. The lowest BCUT2D eigenvalue weighted by Gasteiger charge is -2.31. The van der Waals surface area contributed by atoms with Crippen molar-refractivity contribution in [2.24, 2.45) is 5.92 Å². The van der Waals surface area contributed by atoms with E-state index in [9.17, 15) is 0 Å². The normalized spacial score (nSPS) is 25.7. The monoisotopic (exact) mass is 426 g/mol. The van der Waals surface area contributed by atoms with E-state index in [0.717, 1.165) is 11.6 Å². The van der Waals surface area contributed by atoms with Gasteiger partial charge < -0.3 is 0 Å². The van der Waals surface area contributed by atoms with Gasteiger partial charge in [-0.3, -0.25) is 0 Å². The molecule has 0 aromatic heterocycles. The highest BCUT2D eigenvalue weighted by Gasteiger charge is 2.33. The Hall–Kier alpha value is -1.65. The Labute approximate surface area is 188 Å². The van der Waals surface area contributed by atoms with E-state index in [-0.39, 0.29) is 7.92 Å². The summed E-state index contributed by atoms with van der Waals surface area (Å²) in [6.45, 7) is 0. The van der Waals surface area contributed by atoms with Gasteiger partial charge in [-0.25, -0.2) is 0 Å². The fourth-order valence-electron chi connectivity index (χ4n) is 6.67. The van der Waals surface area contributed by atoms with Gasteiger partial charge in [0.2, 0.25) is 0 Å². The van der Waals surface area contributed by atoms with Gasteiger partial charge in [-0.1, -0.05) is 94.7 Å². The molecule has 2 unspecified atom stereocenters. The van der Waals surface area contributed by atoms with Gasteiger partial charge in [-0.2, -0.15) is 0 Å². The molecule has 31 heavy (non-hydrogen) atoms. The average Bonchev–Trinajstić information content (AvgIpc) is 2.96. The fraction of sp³-hybridized carbons (Fsp3) is 0.467. The lowest BCUT2D eigenvalue weighted by molar-refractivity contribution is 0.508. The maximum absolute atomic E-state index is 2.56. The largest absolute Gasteiger partial charge is 0.0984 e. The first-order valence-corrected chi connectivity index (χ1v) is 14.5. The van der Waals surface area contributed by atoms with Crippen molar-refractivity contribution in [3.8, 4) is 0 Å². The molecule has 1 heteroatoms. The summed E-state index contributed by atoms with van der Waals surface area (Å²) in [7, 11) is 0.0569. The molecule has 0 bridgehead atoms. The second kappa shape index (κ2) is 8.71. The third kappa shape index (κ3) is 3.76. The van der Waals surface area contributed by atoms with E-state index < -0.39 is 0 Å². The van der Waals surface area contributed by atoms with Gasteiger partial charge in [0, 0.05) is 0 Å². The summed E-state index contributed by atoms with van der Waals surface area (Å²) in [6.07, 6.45) is 24.4. The summed E-state index contributed by atoms with van der Waals surface area (Å²) in [4.78, 5) is 0. The highest BCUT2D eigenvalue weighted by molar-refractivity contribution is 7.57. The van der Waals surface area contributed by atoms with E-state index in [1.54, 1.807) is 21.9 Å². The van der Waals surface area contributed by atoms with Crippen LogP contribution in [-0.4, -0.2) is 11.8 Å². The van der Waals surface area contributed by atoms with E-state index in [2.05, 4.69) is 54.6 Å². The van der Waals surface area contributed by atoms with Crippen LogP contribution in [0, 0.1) is 5.92 Å². The quantitative estimate of drug-likeness (QED) is 0.554. The van der Waals surface area contributed by atoms with Crippen molar-refractivity contribution in [2.45, 2.75) is 76.0 Å². The molecule has 0 N–H and O–H groups in total. The van der Waals surface area contributed by atoms with Crippen LogP contribution in [0.2, 0.25) is 0 Å². The summed E-state index contributed by atoms with van der Waals surface area (Å²) < 4.78 is 0. The lowest BCUT2D eigenvalue weighted by Crippen LogP contribution is -2.38. The molecule has 2 aromatic rings. The second-order valence-electron chi connectivity index (χ2n) is 10.2. The first kappa shape index (κ1) is 20.0. The molecular formula is C30H35P. The highest BCUT2D eigenvalue weighted by atomic mass is 31.1. The van der Waals surface area contributed by atoms with Crippen molar-refractivity contribution in [3.05, 3.63) is 68.4 Å². The van der Waals surface area contributed by atoms with Crippen LogP contribution in [0.3, 0.4) is 0 Å². The van der Waals surface area contributed by atoms with Crippen molar-refractivity contribution in [2.75, 3.05) is 6.16 Å². The number of hydrogen-bond acceptors (Lipinski definition) is 0. The van der Waals surface area contributed by atoms with Crippen molar-refractivity contribution < 1.29 is 0 Å². The number of fused-ring (bicyclic) bond motifs is 6. The third-order valence-electron chi connectivity index (χ3n) is 8.22. The molecule has 0 amide bonds. The standard InChI is InChI=1S/C30H35P/c1-2-4-12-26(13-5-3-1)31-20-24-18-16-22-10-6-8-14-27(22)29(24)30-25(21-31)19-17-23-11-7-9-15-28(23)30/h6,8,10-11,14-17,19,24,26H,1-5,7,9,12-13,18,20-21H2. The molecule has 4 aliphatic rings. The predicted molar refractivity (Wildman–Crippen MR) is 136 cm³/mol. The summed E-state index contributed by atoms with van der Waals surface area (Å²) in [5.74, 6) is 0.717. The molecule has 1 heterocycles. The molecule has 2 aromatic carbocycles. The molecule has 160 valence electrons. The molecular weight excluding hydrogens is 391 g/mol. The molecule has 0 radical (unpaired) electrons. The highest BCUT2D eigenvalue weighted by Crippen LogP contribution is 2.55. The van der Waals surface area contributed by atoms with Crippen LogP contribution >= 0.6 is 7.92 Å². The van der Waals surface area contributed by atoms with Crippen LogP contribution in [-0.2, 0) is 6.16 Å². The zero-order valence-electron chi connectivity index (χ0n) is 18.8. The summed E-state index contributed by atoms with van der Waals surface area (Å²) in [5.41, 5.74) is 6.01. The van der Waals surface area contributed by atoms with Crippen molar-refractivity contribution in [1.29, 1.82) is 0 Å². The molecule has 1 aliphatic heterocycles. The maximum atomic E-state index is 2.56. The molecule has 0 nitrogen and oxygen atoms in total. The number of benzene rings is 2. The Balaban J connectivity index is 1.56. The SMILES string of the molecule is C1=c2ccccc2=C2c3c(ccc4c3=CCCC=4)CP(C3CCCCCCC3)CC2C1. The van der Waals surface area contributed by atoms with Crippen LogP contribution in [0.25, 0.3) is 23.8 Å². The molecule has 3 aliphatic carbocycles. The second-order valence-corrected chi connectivity index (χ2v) is 12.7. The van der Waals surface area contributed by atoms with E-state index in [4.69, 9.17) is 0 Å². The third-order valence-corrected chi connectivity index (χ3v) is 11.4. The Morgan fingerprint density at radius 3 is 2.45 bits per heavy atom. The maximum Gasteiger partial charge on any atom is -0.00641 e. The minimum atomic E-state index is 0.0569. The van der Waals surface area contributed by atoms with Gasteiger partial charge in [0.15, 0.2) is 0 Å². The fourth-order valence-corrected chi connectivity index (χ4v) is 10.1. The van der Waals surface area contributed by atoms with Gasteiger partial charge in [-0.05, 0) is 93.6 Å². The minimum Gasteiger partial charge on any atom is -0.0984 e. The summed E-state index contributed by atoms with van der Waals surface area (Å²) >= 11 is 0. The van der Waals surface area contributed by atoms with E-state index in [1.807, 2.05) is 0 Å². The Morgan fingerprint density at radius 2 is 1.55 bits per heavy atom.